The highest BCUT2D eigenvalue weighted by Gasteiger charge is 2.26. The van der Waals surface area contributed by atoms with Crippen LogP contribution in [0.5, 0.6) is 0 Å². The van der Waals surface area contributed by atoms with Crippen LogP contribution in [0.25, 0.3) is 0 Å². The van der Waals surface area contributed by atoms with Crippen molar-refractivity contribution in [3.63, 3.8) is 0 Å². The Labute approximate surface area is 109 Å². The first-order valence-corrected chi connectivity index (χ1v) is 7.43. The molecule has 0 spiro atoms. The second-order valence-corrected chi connectivity index (χ2v) is 6.11. The maximum Gasteiger partial charge on any atom is 0.206 e. The van der Waals surface area contributed by atoms with E-state index < -0.39 is 0 Å². The fraction of sp³-hybridized carbons (Fsp3) is 0.923. The molecular formula is C13H24N5+. The van der Waals surface area contributed by atoms with E-state index in [2.05, 4.69) is 27.1 Å². The molecule has 2 fully saturated rings. The molecule has 3 rings (SSSR count). The predicted octanol–water partition coefficient (Wildman–Crippen LogP) is 0.603. The van der Waals surface area contributed by atoms with E-state index in [4.69, 9.17) is 0 Å². The first-order chi connectivity index (χ1) is 8.83. The third-order valence-corrected chi connectivity index (χ3v) is 4.50. The van der Waals surface area contributed by atoms with E-state index in [1.807, 2.05) is 0 Å². The Bertz CT molecular complexity index is 382. The molecular weight excluding hydrogens is 226 g/mol. The van der Waals surface area contributed by atoms with Crippen molar-refractivity contribution in [2.45, 2.75) is 58.0 Å². The highest BCUT2D eigenvalue weighted by atomic mass is 15.6. The van der Waals surface area contributed by atoms with Gasteiger partial charge in [0.05, 0.1) is 19.1 Å². The molecule has 0 radical (unpaired) electrons. The van der Waals surface area contributed by atoms with Gasteiger partial charge in [0.1, 0.15) is 6.54 Å². The van der Waals surface area contributed by atoms with E-state index in [1.165, 1.54) is 51.6 Å². The molecule has 0 bridgehead atoms. The van der Waals surface area contributed by atoms with Crippen LogP contribution < -0.4 is 4.90 Å². The van der Waals surface area contributed by atoms with E-state index in [1.54, 1.807) is 4.90 Å². The molecule has 5 heteroatoms. The van der Waals surface area contributed by atoms with Gasteiger partial charge in [0.25, 0.3) is 0 Å². The van der Waals surface area contributed by atoms with Crippen LogP contribution in [0.2, 0.25) is 0 Å². The van der Waals surface area contributed by atoms with E-state index >= 15 is 0 Å². The average Bonchev–Trinajstić information content (AvgIpc) is 2.98. The number of rotatable bonds is 3. The highest BCUT2D eigenvalue weighted by molar-refractivity contribution is 4.84. The summed E-state index contributed by atoms with van der Waals surface area (Å²) in [4.78, 5) is 1.66. The van der Waals surface area contributed by atoms with Gasteiger partial charge in [0, 0.05) is 5.92 Å². The van der Waals surface area contributed by atoms with Crippen LogP contribution in [0.1, 0.15) is 57.3 Å². The van der Waals surface area contributed by atoms with Gasteiger partial charge in [-0.2, -0.15) is 0 Å². The van der Waals surface area contributed by atoms with Gasteiger partial charge in [-0.1, -0.05) is 19.8 Å². The average molecular weight is 250 g/mol. The van der Waals surface area contributed by atoms with Gasteiger partial charge in [-0.05, 0) is 36.1 Å². The minimum Gasteiger partial charge on any atom is -0.328 e. The molecule has 1 N–H and O–H groups in total. The van der Waals surface area contributed by atoms with E-state index in [0.29, 0.717) is 6.04 Å². The molecule has 1 aromatic heterocycles. The van der Waals surface area contributed by atoms with Gasteiger partial charge < -0.3 is 4.90 Å². The predicted molar refractivity (Wildman–Crippen MR) is 68.1 cm³/mol. The third kappa shape index (κ3) is 2.55. The molecule has 2 aliphatic rings. The normalized spacial score (nSPS) is 29.8. The quantitative estimate of drug-likeness (QED) is 0.855. The summed E-state index contributed by atoms with van der Waals surface area (Å²) in [5.41, 5.74) is 0. The highest BCUT2D eigenvalue weighted by Crippen LogP contribution is 2.28. The van der Waals surface area contributed by atoms with Gasteiger partial charge in [-0.15, -0.1) is 5.10 Å². The van der Waals surface area contributed by atoms with Gasteiger partial charge in [-0.3, -0.25) is 0 Å². The Balaban J connectivity index is 1.66. The number of nitrogens with zero attached hydrogens (tertiary/aromatic N) is 4. The number of nitrogens with one attached hydrogen (secondary N) is 1. The molecule has 2 heterocycles. The lowest BCUT2D eigenvalue weighted by atomic mass is 10.0. The molecule has 1 aliphatic carbocycles. The molecule has 1 saturated carbocycles. The minimum absolute atomic E-state index is 0.566. The Kier molecular flexibility index (Phi) is 3.59. The fourth-order valence-corrected chi connectivity index (χ4v) is 3.54. The van der Waals surface area contributed by atoms with Crippen LogP contribution in [0.3, 0.4) is 0 Å². The number of hydrogen-bond acceptors (Lipinski definition) is 3. The fourth-order valence-electron chi connectivity index (χ4n) is 3.54. The SMILES string of the molecule is C[C@H]1CCC[NH+](Cc2nnnn2C2CCCC2)C1. The molecule has 1 unspecified atom stereocenters. The van der Waals surface area contributed by atoms with E-state index in [9.17, 15) is 0 Å². The summed E-state index contributed by atoms with van der Waals surface area (Å²) in [7, 11) is 0. The van der Waals surface area contributed by atoms with Crippen LogP contribution in [0.15, 0.2) is 0 Å². The number of hydrogen-bond donors (Lipinski definition) is 1. The molecule has 1 aromatic rings. The van der Waals surface area contributed by atoms with Crippen LogP contribution in [0.4, 0.5) is 0 Å². The van der Waals surface area contributed by atoms with Gasteiger partial charge in [0.2, 0.25) is 5.82 Å². The van der Waals surface area contributed by atoms with Crippen molar-refractivity contribution in [3.8, 4) is 0 Å². The Morgan fingerprint density at radius 2 is 2.06 bits per heavy atom. The lowest BCUT2D eigenvalue weighted by molar-refractivity contribution is -0.922. The topological polar surface area (TPSA) is 48.0 Å². The van der Waals surface area contributed by atoms with Gasteiger partial charge in [0.15, 0.2) is 0 Å². The van der Waals surface area contributed by atoms with E-state index in [0.717, 1.165) is 18.3 Å². The van der Waals surface area contributed by atoms with Crippen molar-refractivity contribution in [3.05, 3.63) is 5.82 Å². The van der Waals surface area contributed by atoms with Gasteiger partial charge >= 0.3 is 0 Å². The van der Waals surface area contributed by atoms with Crippen LogP contribution in [0, 0.1) is 5.92 Å². The standard InChI is InChI=1S/C13H23N5/c1-11-5-4-8-17(9-11)10-13-14-15-16-18(13)12-6-2-3-7-12/h11-12H,2-10H2,1H3/p+1/t11-/m0/s1. The van der Waals surface area contributed by atoms with Crippen molar-refractivity contribution in [1.82, 2.24) is 20.2 Å². The summed E-state index contributed by atoms with van der Waals surface area (Å²) >= 11 is 0. The Morgan fingerprint density at radius 1 is 1.22 bits per heavy atom. The number of tetrazole rings is 1. The lowest BCUT2D eigenvalue weighted by Gasteiger charge is -2.27. The van der Waals surface area contributed by atoms with Crippen molar-refractivity contribution in [2.24, 2.45) is 5.92 Å². The summed E-state index contributed by atoms with van der Waals surface area (Å²) in [6.45, 7) is 5.92. The molecule has 0 amide bonds. The first kappa shape index (κ1) is 12.1. The summed E-state index contributed by atoms with van der Waals surface area (Å²) in [5.74, 6) is 1.95. The van der Waals surface area contributed by atoms with Crippen molar-refractivity contribution < 1.29 is 4.90 Å². The molecule has 1 aliphatic heterocycles. The maximum atomic E-state index is 4.26. The van der Waals surface area contributed by atoms with Crippen LogP contribution >= 0.6 is 0 Å². The summed E-state index contributed by atoms with van der Waals surface area (Å²) in [6.07, 6.45) is 7.90. The number of aromatic nitrogens is 4. The first-order valence-electron chi connectivity index (χ1n) is 7.43. The number of quaternary nitrogens is 1. The zero-order valence-electron chi connectivity index (χ0n) is 11.3. The van der Waals surface area contributed by atoms with Gasteiger partial charge in [-0.25, -0.2) is 4.68 Å². The summed E-state index contributed by atoms with van der Waals surface area (Å²) in [5, 5.41) is 12.4. The van der Waals surface area contributed by atoms with Crippen molar-refractivity contribution >= 4 is 0 Å². The smallest absolute Gasteiger partial charge is 0.206 e. The molecule has 2 atom stereocenters. The maximum absolute atomic E-state index is 4.26. The van der Waals surface area contributed by atoms with Crippen LogP contribution in [-0.2, 0) is 6.54 Å². The monoisotopic (exact) mass is 250 g/mol. The second kappa shape index (κ2) is 5.34. The summed E-state index contributed by atoms with van der Waals surface area (Å²) in [6, 6.07) is 0.566. The number of likely N-dealkylation sites (tertiary alicyclic amines) is 1. The summed E-state index contributed by atoms with van der Waals surface area (Å²) < 4.78 is 2.11. The minimum atomic E-state index is 0.566. The van der Waals surface area contributed by atoms with Crippen LogP contribution in [-0.4, -0.2) is 33.3 Å². The number of piperidine rings is 1. The zero-order valence-corrected chi connectivity index (χ0v) is 11.3. The Morgan fingerprint density at radius 3 is 2.83 bits per heavy atom. The molecule has 5 nitrogen and oxygen atoms in total. The molecule has 1 saturated heterocycles. The van der Waals surface area contributed by atoms with E-state index in [-0.39, 0.29) is 0 Å². The molecule has 18 heavy (non-hydrogen) atoms. The third-order valence-electron chi connectivity index (χ3n) is 4.50. The largest absolute Gasteiger partial charge is 0.328 e. The van der Waals surface area contributed by atoms with Crippen molar-refractivity contribution in [1.29, 1.82) is 0 Å². The zero-order chi connectivity index (χ0) is 12.4. The molecule has 100 valence electrons. The lowest BCUT2D eigenvalue weighted by Crippen LogP contribution is -3.12. The molecule has 0 aromatic carbocycles. The Hall–Kier alpha value is -0.970. The second-order valence-electron chi connectivity index (χ2n) is 6.11. The van der Waals surface area contributed by atoms with Crippen molar-refractivity contribution in [2.75, 3.05) is 13.1 Å².